The summed E-state index contributed by atoms with van der Waals surface area (Å²) in [6.45, 7) is 0. The van der Waals surface area contributed by atoms with Crippen molar-refractivity contribution in [2.45, 2.75) is 12.8 Å². The lowest BCUT2D eigenvalue weighted by molar-refractivity contribution is 0.0991. The van der Waals surface area contributed by atoms with Crippen molar-refractivity contribution in [1.29, 1.82) is 0 Å². The Kier molecular flexibility index (Phi) is 4.66. The third kappa shape index (κ3) is 3.86. The summed E-state index contributed by atoms with van der Waals surface area (Å²) < 4.78 is 10.8. The van der Waals surface area contributed by atoms with Gasteiger partial charge < -0.3 is 30.9 Å². The van der Waals surface area contributed by atoms with Crippen LogP contribution in [0.25, 0.3) is 0 Å². The van der Waals surface area contributed by atoms with Crippen LogP contribution in [0.1, 0.15) is 21.8 Å². The molecule has 6 N–H and O–H groups in total. The van der Waals surface area contributed by atoms with E-state index in [1.807, 2.05) is 0 Å². The van der Waals surface area contributed by atoms with Gasteiger partial charge in [0.1, 0.15) is 28.8 Å². The van der Waals surface area contributed by atoms with Crippen LogP contribution >= 0.6 is 0 Å². The molecule has 0 aliphatic heterocycles. The lowest BCUT2D eigenvalue weighted by Crippen LogP contribution is -2.10. The molecule has 0 spiro atoms. The molecule has 1 aromatic heterocycles. The Morgan fingerprint density at radius 2 is 1.85 bits per heavy atom. The molecule has 0 bridgehead atoms. The molecular formula is C18H17N3O5. The van der Waals surface area contributed by atoms with Gasteiger partial charge in [-0.2, -0.15) is 0 Å². The van der Waals surface area contributed by atoms with Crippen LogP contribution in [0.2, 0.25) is 0 Å². The fraction of sp³-hybridized carbons (Fsp3) is 0.111. The molecule has 8 nitrogen and oxygen atoms in total. The van der Waals surface area contributed by atoms with E-state index in [1.54, 1.807) is 24.3 Å². The normalized spacial score (nSPS) is 10.6. The van der Waals surface area contributed by atoms with Gasteiger partial charge in [-0.05, 0) is 30.7 Å². The summed E-state index contributed by atoms with van der Waals surface area (Å²) in [4.78, 5) is 11.1. The van der Waals surface area contributed by atoms with Crippen molar-refractivity contribution in [1.82, 2.24) is 5.16 Å². The lowest BCUT2D eigenvalue weighted by Gasteiger charge is -2.13. The summed E-state index contributed by atoms with van der Waals surface area (Å²) in [5, 5.41) is 23.5. The number of anilines is 1. The molecule has 8 heteroatoms. The molecule has 0 aliphatic carbocycles. The van der Waals surface area contributed by atoms with E-state index in [0.29, 0.717) is 41.4 Å². The van der Waals surface area contributed by atoms with Crippen LogP contribution in [-0.2, 0) is 12.8 Å². The standard InChI is InChI=1S/C18H17N3O5/c19-10-1-3-12(4-2-10)25-17-8-11(22)7-16(23)14(17)6-5-13-9-15(18(20)24)21-26-13/h1-4,7-9,22-23H,5-6,19H2,(H2,20,24). The second-order valence-corrected chi connectivity index (χ2v) is 5.66. The molecule has 134 valence electrons. The molecule has 0 saturated carbocycles. The Balaban J connectivity index is 1.83. The number of phenolic OH excluding ortho intramolecular Hbond substituents is 2. The molecule has 0 radical (unpaired) electrons. The third-order valence-electron chi connectivity index (χ3n) is 3.71. The number of benzene rings is 2. The number of ether oxygens (including phenoxy) is 1. The minimum Gasteiger partial charge on any atom is -0.508 e. The van der Waals surface area contributed by atoms with Gasteiger partial charge >= 0.3 is 0 Å². The first kappa shape index (κ1) is 17.2. The summed E-state index contributed by atoms with van der Waals surface area (Å²) in [6, 6.07) is 10.8. The van der Waals surface area contributed by atoms with E-state index >= 15 is 0 Å². The Hall–Kier alpha value is -3.68. The zero-order valence-corrected chi connectivity index (χ0v) is 13.7. The second-order valence-electron chi connectivity index (χ2n) is 5.66. The van der Waals surface area contributed by atoms with Crippen LogP contribution in [-0.4, -0.2) is 21.3 Å². The van der Waals surface area contributed by atoms with E-state index in [-0.39, 0.29) is 17.2 Å². The van der Waals surface area contributed by atoms with Crippen LogP contribution in [0.5, 0.6) is 23.0 Å². The molecule has 26 heavy (non-hydrogen) atoms. The Labute approximate surface area is 148 Å². The molecule has 2 aromatic carbocycles. The number of aromatic nitrogens is 1. The Bertz CT molecular complexity index is 934. The fourth-order valence-electron chi connectivity index (χ4n) is 2.42. The van der Waals surface area contributed by atoms with Gasteiger partial charge in [-0.1, -0.05) is 5.16 Å². The zero-order chi connectivity index (χ0) is 18.7. The minimum atomic E-state index is -0.681. The molecular weight excluding hydrogens is 338 g/mol. The summed E-state index contributed by atoms with van der Waals surface area (Å²) in [5.41, 5.74) is 11.9. The Morgan fingerprint density at radius 3 is 2.50 bits per heavy atom. The smallest absolute Gasteiger partial charge is 0.270 e. The second kappa shape index (κ2) is 7.06. The molecule has 0 saturated heterocycles. The van der Waals surface area contributed by atoms with E-state index in [4.69, 9.17) is 20.7 Å². The number of carbonyl (C=O) groups excluding carboxylic acids is 1. The number of hydrogen-bond donors (Lipinski definition) is 4. The summed E-state index contributed by atoms with van der Waals surface area (Å²) >= 11 is 0. The van der Waals surface area contributed by atoms with Crippen molar-refractivity contribution in [3.8, 4) is 23.0 Å². The van der Waals surface area contributed by atoms with E-state index in [2.05, 4.69) is 5.16 Å². The predicted molar refractivity (Wildman–Crippen MR) is 93.1 cm³/mol. The average molecular weight is 355 g/mol. The maximum Gasteiger partial charge on any atom is 0.270 e. The van der Waals surface area contributed by atoms with E-state index in [1.165, 1.54) is 18.2 Å². The highest BCUT2D eigenvalue weighted by molar-refractivity contribution is 5.90. The highest BCUT2D eigenvalue weighted by atomic mass is 16.5. The zero-order valence-electron chi connectivity index (χ0n) is 13.7. The number of rotatable bonds is 6. The largest absolute Gasteiger partial charge is 0.508 e. The molecule has 3 aromatic rings. The number of nitrogen functional groups attached to an aromatic ring is 1. The number of amides is 1. The maximum absolute atomic E-state index is 11.1. The number of carbonyl (C=O) groups is 1. The minimum absolute atomic E-state index is 0.0354. The van der Waals surface area contributed by atoms with Crippen LogP contribution in [0.3, 0.4) is 0 Å². The quantitative estimate of drug-likeness (QED) is 0.496. The number of aromatic hydroxyl groups is 2. The summed E-state index contributed by atoms with van der Waals surface area (Å²) in [7, 11) is 0. The van der Waals surface area contributed by atoms with Crippen molar-refractivity contribution in [2.24, 2.45) is 5.73 Å². The van der Waals surface area contributed by atoms with Crippen molar-refractivity contribution >= 4 is 11.6 Å². The van der Waals surface area contributed by atoms with Gasteiger partial charge in [-0.3, -0.25) is 4.79 Å². The molecule has 0 aliphatic rings. The number of aryl methyl sites for hydroxylation is 1. The van der Waals surface area contributed by atoms with Gasteiger partial charge in [0.2, 0.25) is 0 Å². The molecule has 0 unspecified atom stereocenters. The number of primary amides is 1. The predicted octanol–water partition coefficient (Wildman–Crippen LogP) is 2.34. The molecule has 3 rings (SSSR count). The maximum atomic E-state index is 11.1. The number of hydrogen-bond acceptors (Lipinski definition) is 7. The van der Waals surface area contributed by atoms with Gasteiger partial charge in [-0.25, -0.2) is 0 Å². The van der Waals surface area contributed by atoms with Crippen molar-refractivity contribution in [3.63, 3.8) is 0 Å². The van der Waals surface area contributed by atoms with Gasteiger partial charge in [0.25, 0.3) is 5.91 Å². The van der Waals surface area contributed by atoms with Crippen LogP contribution < -0.4 is 16.2 Å². The first-order valence-corrected chi connectivity index (χ1v) is 7.76. The highest BCUT2D eigenvalue weighted by Crippen LogP contribution is 2.36. The van der Waals surface area contributed by atoms with E-state index in [9.17, 15) is 15.0 Å². The van der Waals surface area contributed by atoms with Crippen molar-refractivity contribution in [3.05, 3.63) is 59.5 Å². The average Bonchev–Trinajstić information content (AvgIpc) is 3.05. The monoisotopic (exact) mass is 355 g/mol. The number of phenols is 2. The van der Waals surface area contributed by atoms with Crippen LogP contribution in [0, 0.1) is 0 Å². The number of nitrogens with two attached hydrogens (primary N) is 2. The van der Waals surface area contributed by atoms with Crippen molar-refractivity contribution in [2.75, 3.05) is 5.73 Å². The van der Waals surface area contributed by atoms with Crippen molar-refractivity contribution < 1.29 is 24.3 Å². The summed E-state index contributed by atoms with van der Waals surface area (Å²) in [5.74, 6) is 0.296. The SMILES string of the molecule is NC(=O)c1cc(CCc2c(O)cc(O)cc2Oc2ccc(N)cc2)on1. The highest BCUT2D eigenvalue weighted by Gasteiger charge is 2.15. The summed E-state index contributed by atoms with van der Waals surface area (Å²) in [6.07, 6.45) is 0.667. The van der Waals surface area contributed by atoms with E-state index < -0.39 is 5.91 Å². The molecule has 0 atom stereocenters. The first-order valence-electron chi connectivity index (χ1n) is 7.76. The topological polar surface area (TPSA) is 145 Å². The fourth-order valence-corrected chi connectivity index (χ4v) is 2.42. The van der Waals surface area contributed by atoms with Gasteiger partial charge in [0, 0.05) is 35.9 Å². The molecule has 1 amide bonds. The number of nitrogens with zero attached hydrogens (tertiary/aromatic N) is 1. The lowest BCUT2D eigenvalue weighted by atomic mass is 10.1. The molecule has 1 heterocycles. The van der Waals surface area contributed by atoms with E-state index in [0.717, 1.165) is 0 Å². The first-order chi connectivity index (χ1) is 12.4. The van der Waals surface area contributed by atoms with Gasteiger partial charge in [0.15, 0.2) is 5.69 Å². The Morgan fingerprint density at radius 1 is 1.12 bits per heavy atom. The van der Waals surface area contributed by atoms with Gasteiger partial charge in [0.05, 0.1) is 0 Å². The molecule has 0 fully saturated rings. The van der Waals surface area contributed by atoms with Crippen LogP contribution in [0.15, 0.2) is 47.0 Å². The van der Waals surface area contributed by atoms with Gasteiger partial charge in [-0.15, -0.1) is 0 Å². The third-order valence-corrected chi connectivity index (χ3v) is 3.71. The van der Waals surface area contributed by atoms with Crippen LogP contribution in [0.4, 0.5) is 5.69 Å².